The van der Waals surface area contributed by atoms with Crippen molar-refractivity contribution >= 4 is 27.5 Å². The molecule has 0 spiro atoms. The van der Waals surface area contributed by atoms with Crippen LogP contribution >= 0.6 is 15.9 Å². The number of hydrogen-bond acceptors (Lipinski definition) is 5. The number of benzene rings is 2. The lowest BCUT2D eigenvalue weighted by atomic mass is 9.95. The molecule has 0 bridgehead atoms. The Balaban J connectivity index is 1.30. The Labute approximate surface area is 184 Å². The average molecular weight is 469 g/mol. The topological polar surface area (TPSA) is 71.3 Å². The maximum Gasteiger partial charge on any atom is 0.241 e. The van der Waals surface area contributed by atoms with Gasteiger partial charge < -0.3 is 9.84 Å². The number of hydrogen-bond donors (Lipinski definition) is 1. The minimum absolute atomic E-state index is 0.0298. The number of piperidine rings is 1. The molecule has 1 saturated heterocycles. The van der Waals surface area contributed by atoms with Gasteiger partial charge in [0.2, 0.25) is 17.6 Å². The molecule has 156 valence electrons. The first-order valence-corrected chi connectivity index (χ1v) is 11.0. The van der Waals surface area contributed by atoms with E-state index in [1.807, 2.05) is 50.2 Å². The fourth-order valence-corrected chi connectivity index (χ4v) is 3.95. The molecule has 0 unspecified atom stereocenters. The van der Waals surface area contributed by atoms with Gasteiger partial charge in [0, 0.05) is 21.6 Å². The van der Waals surface area contributed by atoms with Crippen molar-refractivity contribution in [3.63, 3.8) is 0 Å². The van der Waals surface area contributed by atoms with Crippen LogP contribution in [0.4, 0.5) is 5.69 Å². The number of amides is 1. The molecule has 0 radical (unpaired) electrons. The van der Waals surface area contributed by atoms with Crippen molar-refractivity contribution in [3.05, 3.63) is 64.0 Å². The van der Waals surface area contributed by atoms with Gasteiger partial charge in [0.05, 0.1) is 6.54 Å². The first-order valence-electron chi connectivity index (χ1n) is 10.2. The summed E-state index contributed by atoms with van der Waals surface area (Å²) >= 11 is 3.43. The van der Waals surface area contributed by atoms with E-state index < -0.39 is 0 Å². The van der Waals surface area contributed by atoms with Crippen molar-refractivity contribution < 1.29 is 9.32 Å². The highest BCUT2D eigenvalue weighted by atomic mass is 79.9. The number of carbonyl (C=O) groups excluding carboxylic acids is 1. The van der Waals surface area contributed by atoms with Crippen molar-refractivity contribution in [2.45, 2.75) is 33.2 Å². The number of rotatable bonds is 5. The number of aromatic nitrogens is 2. The van der Waals surface area contributed by atoms with Crippen LogP contribution in [-0.4, -0.2) is 34.0 Å². The predicted molar refractivity (Wildman–Crippen MR) is 120 cm³/mol. The third kappa shape index (κ3) is 4.96. The van der Waals surface area contributed by atoms with Gasteiger partial charge in [-0.3, -0.25) is 9.69 Å². The molecule has 6 nitrogen and oxygen atoms in total. The van der Waals surface area contributed by atoms with Crippen molar-refractivity contribution in [3.8, 4) is 11.4 Å². The smallest absolute Gasteiger partial charge is 0.241 e. The van der Waals surface area contributed by atoms with E-state index in [9.17, 15) is 4.79 Å². The summed E-state index contributed by atoms with van der Waals surface area (Å²) in [6.45, 7) is 6.33. The molecule has 3 aromatic rings. The zero-order valence-electron chi connectivity index (χ0n) is 17.2. The van der Waals surface area contributed by atoms with E-state index in [-0.39, 0.29) is 11.8 Å². The molecule has 2 heterocycles. The molecular formula is C23H25BrN4O2. The summed E-state index contributed by atoms with van der Waals surface area (Å²) < 4.78 is 6.45. The number of halogens is 1. The number of nitrogens with zero attached hydrogens (tertiary/aromatic N) is 3. The van der Waals surface area contributed by atoms with Crippen molar-refractivity contribution in [1.82, 2.24) is 15.0 Å². The Hall–Kier alpha value is -2.51. The van der Waals surface area contributed by atoms with Gasteiger partial charge in [-0.15, -0.1) is 0 Å². The van der Waals surface area contributed by atoms with Crippen LogP contribution in [0.2, 0.25) is 0 Å². The Morgan fingerprint density at radius 2 is 1.90 bits per heavy atom. The maximum atomic E-state index is 12.7. The molecule has 1 amide bonds. The molecule has 0 atom stereocenters. The number of aryl methyl sites for hydroxylation is 2. The lowest BCUT2D eigenvalue weighted by molar-refractivity contribution is -0.121. The van der Waals surface area contributed by atoms with Gasteiger partial charge in [0.15, 0.2) is 0 Å². The molecule has 1 aromatic heterocycles. The minimum Gasteiger partial charge on any atom is -0.338 e. The van der Waals surface area contributed by atoms with Crippen LogP contribution in [0.15, 0.2) is 51.5 Å². The average Bonchev–Trinajstić information content (AvgIpc) is 3.20. The second-order valence-electron chi connectivity index (χ2n) is 7.88. The quantitative estimate of drug-likeness (QED) is 0.572. The Morgan fingerprint density at radius 3 is 2.63 bits per heavy atom. The predicted octanol–water partition coefficient (Wildman–Crippen LogP) is 4.97. The Bertz CT molecular complexity index is 1020. The van der Waals surface area contributed by atoms with Crippen molar-refractivity contribution in [2.75, 3.05) is 18.4 Å². The van der Waals surface area contributed by atoms with Crippen LogP contribution in [0.25, 0.3) is 11.4 Å². The van der Waals surface area contributed by atoms with Gasteiger partial charge in [-0.2, -0.15) is 4.98 Å². The summed E-state index contributed by atoms with van der Waals surface area (Å²) in [6.07, 6.45) is 1.65. The molecule has 30 heavy (non-hydrogen) atoms. The van der Waals surface area contributed by atoms with Gasteiger partial charge in [0.1, 0.15) is 0 Å². The standard InChI is InChI=1S/C23H25BrN4O2/c1-15-3-4-16(2)20(13-15)25-23(29)18-9-11-28(12-10-18)14-21-26-22(27-30-21)17-5-7-19(24)8-6-17/h3-8,13,18H,9-12,14H2,1-2H3,(H,25,29). The number of anilines is 1. The van der Waals surface area contributed by atoms with E-state index >= 15 is 0 Å². The van der Waals surface area contributed by atoms with E-state index in [4.69, 9.17) is 4.52 Å². The normalized spacial score (nSPS) is 15.3. The second-order valence-corrected chi connectivity index (χ2v) is 8.79. The molecular weight excluding hydrogens is 444 g/mol. The second kappa shape index (κ2) is 9.10. The molecule has 2 aromatic carbocycles. The SMILES string of the molecule is Cc1ccc(C)c(NC(=O)C2CCN(Cc3nc(-c4ccc(Br)cc4)no3)CC2)c1. The van der Waals surface area contributed by atoms with Crippen LogP contribution in [-0.2, 0) is 11.3 Å². The van der Waals surface area contributed by atoms with Crippen molar-refractivity contribution in [1.29, 1.82) is 0 Å². The summed E-state index contributed by atoms with van der Waals surface area (Å²) in [6, 6.07) is 14.0. The molecule has 1 aliphatic heterocycles. The summed E-state index contributed by atoms with van der Waals surface area (Å²) in [5.41, 5.74) is 4.07. The van der Waals surface area contributed by atoms with Gasteiger partial charge in [0.25, 0.3) is 0 Å². The molecule has 0 aliphatic carbocycles. The largest absolute Gasteiger partial charge is 0.338 e. The summed E-state index contributed by atoms with van der Waals surface area (Å²) in [4.78, 5) is 19.5. The Morgan fingerprint density at radius 1 is 1.17 bits per heavy atom. The monoisotopic (exact) mass is 468 g/mol. The fourth-order valence-electron chi connectivity index (χ4n) is 3.69. The highest BCUT2D eigenvalue weighted by molar-refractivity contribution is 9.10. The first kappa shape index (κ1) is 20.8. The van der Waals surface area contributed by atoms with E-state index in [1.165, 1.54) is 0 Å². The van der Waals surface area contributed by atoms with E-state index in [0.29, 0.717) is 18.3 Å². The molecule has 7 heteroatoms. The minimum atomic E-state index is 0.0298. The first-order chi connectivity index (χ1) is 14.5. The van der Waals surface area contributed by atoms with E-state index in [0.717, 1.165) is 52.8 Å². The molecule has 1 fully saturated rings. The Kier molecular flexibility index (Phi) is 6.29. The third-order valence-corrected chi connectivity index (χ3v) is 6.07. The zero-order valence-corrected chi connectivity index (χ0v) is 18.8. The highest BCUT2D eigenvalue weighted by Crippen LogP contribution is 2.24. The molecule has 1 N–H and O–H groups in total. The van der Waals surface area contributed by atoms with Gasteiger partial charge in [-0.1, -0.05) is 33.2 Å². The zero-order chi connectivity index (χ0) is 21.1. The van der Waals surface area contributed by atoms with Gasteiger partial charge in [-0.05, 0) is 81.2 Å². The van der Waals surface area contributed by atoms with Gasteiger partial charge in [-0.25, -0.2) is 0 Å². The number of likely N-dealkylation sites (tertiary alicyclic amines) is 1. The molecule has 4 rings (SSSR count). The van der Waals surface area contributed by atoms with Crippen molar-refractivity contribution in [2.24, 2.45) is 5.92 Å². The number of nitrogens with one attached hydrogen (secondary N) is 1. The van der Waals surface area contributed by atoms with Crippen LogP contribution in [0.1, 0.15) is 29.9 Å². The van der Waals surface area contributed by atoms with E-state index in [1.54, 1.807) is 0 Å². The summed E-state index contributed by atoms with van der Waals surface area (Å²) in [7, 11) is 0. The molecule has 1 aliphatic rings. The molecule has 0 saturated carbocycles. The summed E-state index contributed by atoms with van der Waals surface area (Å²) in [5.74, 6) is 1.34. The third-order valence-electron chi connectivity index (χ3n) is 5.54. The van der Waals surface area contributed by atoms with Crippen LogP contribution in [0.3, 0.4) is 0 Å². The summed E-state index contributed by atoms with van der Waals surface area (Å²) in [5, 5.41) is 7.20. The fraction of sp³-hybridized carbons (Fsp3) is 0.348. The van der Waals surface area contributed by atoms with Crippen LogP contribution in [0, 0.1) is 19.8 Å². The van der Waals surface area contributed by atoms with Gasteiger partial charge >= 0.3 is 0 Å². The van der Waals surface area contributed by atoms with Crippen LogP contribution < -0.4 is 5.32 Å². The number of carbonyl (C=O) groups is 1. The lowest BCUT2D eigenvalue weighted by Gasteiger charge is -2.30. The highest BCUT2D eigenvalue weighted by Gasteiger charge is 2.26. The van der Waals surface area contributed by atoms with E-state index in [2.05, 4.69) is 42.4 Å². The lowest BCUT2D eigenvalue weighted by Crippen LogP contribution is -2.37. The maximum absolute atomic E-state index is 12.7. The van der Waals surface area contributed by atoms with Crippen LogP contribution in [0.5, 0.6) is 0 Å².